The summed E-state index contributed by atoms with van der Waals surface area (Å²) in [6.07, 6.45) is 1.40. The van der Waals surface area contributed by atoms with Crippen LogP contribution in [0.4, 0.5) is 5.69 Å². The number of ether oxygens (including phenoxy) is 1. The molecule has 0 bridgehead atoms. The van der Waals surface area contributed by atoms with Gasteiger partial charge in [0.05, 0.1) is 30.0 Å². The van der Waals surface area contributed by atoms with Crippen LogP contribution >= 0.6 is 0 Å². The third-order valence-electron chi connectivity index (χ3n) is 3.85. The van der Waals surface area contributed by atoms with Gasteiger partial charge in [-0.1, -0.05) is 24.3 Å². The number of anilines is 1. The second-order valence-electron chi connectivity index (χ2n) is 5.34. The van der Waals surface area contributed by atoms with Gasteiger partial charge in [-0.05, 0) is 31.2 Å². The minimum absolute atomic E-state index is 0.247. The first-order chi connectivity index (χ1) is 11.6. The van der Waals surface area contributed by atoms with Crippen LogP contribution in [0.15, 0.2) is 59.7 Å². The fourth-order valence-corrected chi connectivity index (χ4v) is 2.47. The minimum atomic E-state index is -0.709. The van der Waals surface area contributed by atoms with E-state index in [0.717, 1.165) is 0 Å². The molecule has 0 aliphatic carbocycles. The van der Waals surface area contributed by atoms with E-state index in [-0.39, 0.29) is 11.5 Å². The van der Waals surface area contributed by atoms with Crippen molar-refractivity contribution in [3.63, 3.8) is 0 Å². The number of carbonyl (C=O) groups is 1. The van der Waals surface area contributed by atoms with E-state index in [1.807, 2.05) is 12.1 Å². The van der Waals surface area contributed by atoms with E-state index in [1.54, 1.807) is 43.3 Å². The molecule has 3 rings (SSSR count). The first-order valence-electron chi connectivity index (χ1n) is 7.51. The Hall–Kier alpha value is -3.15. The Morgan fingerprint density at radius 3 is 2.67 bits per heavy atom. The molecule has 3 aromatic rings. The number of para-hydroxylation sites is 3. The molecular formula is C18H17N3O3. The number of amides is 1. The van der Waals surface area contributed by atoms with Gasteiger partial charge in [0.15, 0.2) is 0 Å². The van der Waals surface area contributed by atoms with E-state index in [9.17, 15) is 9.59 Å². The van der Waals surface area contributed by atoms with Gasteiger partial charge >= 0.3 is 0 Å². The van der Waals surface area contributed by atoms with Crippen LogP contribution in [0.1, 0.15) is 13.0 Å². The second kappa shape index (κ2) is 6.54. The predicted octanol–water partition coefficient (Wildman–Crippen LogP) is 2.60. The summed E-state index contributed by atoms with van der Waals surface area (Å²) in [6.45, 7) is 1.66. The average molecular weight is 323 g/mol. The van der Waals surface area contributed by atoms with Crippen LogP contribution in [0.2, 0.25) is 0 Å². The zero-order valence-electron chi connectivity index (χ0n) is 13.4. The number of fused-ring (bicyclic) bond motifs is 1. The lowest BCUT2D eigenvalue weighted by Crippen LogP contribution is -2.31. The molecule has 122 valence electrons. The predicted molar refractivity (Wildman–Crippen MR) is 92.3 cm³/mol. The van der Waals surface area contributed by atoms with E-state index in [4.69, 9.17) is 4.74 Å². The van der Waals surface area contributed by atoms with Crippen molar-refractivity contribution in [2.45, 2.75) is 13.0 Å². The van der Waals surface area contributed by atoms with E-state index in [0.29, 0.717) is 22.3 Å². The van der Waals surface area contributed by atoms with Crippen molar-refractivity contribution in [2.75, 3.05) is 12.4 Å². The maximum absolute atomic E-state index is 12.6. The molecule has 0 aliphatic heterocycles. The zero-order chi connectivity index (χ0) is 17.1. The highest BCUT2D eigenvalue weighted by atomic mass is 16.5. The molecule has 0 fully saturated rings. The second-order valence-corrected chi connectivity index (χ2v) is 5.34. The van der Waals surface area contributed by atoms with Gasteiger partial charge in [0.25, 0.3) is 5.56 Å². The van der Waals surface area contributed by atoms with E-state index in [1.165, 1.54) is 18.0 Å². The fraction of sp³-hybridized carbons (Fsp3) is 0.167. The van der Waals surface area contributed by atoms with Crippen molar-refractivity contribution in [2.24, 2.45) is 0 Å². The number of benzene rings is 2. The number of carbonyl (C=O) groups excluding carboxylic acids is 1. The van der Waals surface area contributed by atoms with E-state index < -0.39 is 6.04 Å². The molecule has 2 aromatic carbocycles. The first kappa shape index (κ1) is 15.7. The van der Waals surface area contributed by atoms with Crippen LogP contribution in [-0.4, -0.2) is 22.6 Å². The molecule has 0 radical (unpaired) electrons. The molecule has 1 aromatic heterocycles. The standard InChI is InChI=1S/C18H17N3O3/c1-12(17(22)20-15-9-5-6-10-16(15)24-2)21-11-19-14-8-4-3-7-13(14)18(21)23/h3-12H,1-2H3,(H,20,22). The number of methoxy groups -OCH3 is 1. The zero-order valence-corrected chi connectivity index (χ0v) is 13.4. The molecule has 0 spiro atoms. The SMILES string of the molecule is COc1ccccc1NC(=O)C(C)n1cnc2ccccc2c1=O. The van der Waals surface area contributed by atoms with Crippen LogP contribution < -0.4 is 15.6 Å². The Labute approximate surface area is 138 Å². The van der Waals surface area contributed by atoms with Crippen LogP contribution in [-0.2, 0) is 4.79 Å². The molecule has 1 heterocycles. The van der Waals surface area contributed by atoms with Gasteiger partial charge in [-0.15, -0.1) is 0 Å². The highest BCUT2D eigenvalue weighted by Crippen LogP contribution is 2.24. The third-order valence-corrected chi connectivity index (χ3v) is 3.85. The molecule has 1 unspecified atom stereocenters. The topological polar surface area (TPSA) is 73.2 Å². The normalized spacial score (nSPS) is 11.9. The molecule has 6 nitrogen and oxygen atoms in total. The average Bonchev–Trinajstić information content (AvgIpc) is 2.62. The number of rotatable bonds is 4. The summed E-state index contributed by atoms with van der Waals surface area (Å²) >= 11 is 0. The molecule has 1 atom stereocenters. The minimum Gasteiger partial charge on any atom is -0.495 e. The van der Waals surface area contributed by atoms with Gasteiger partial charge in [-0.3, -0.25) is 14.2 Å². The summed E-state index contributed by atoms with van der Waals surface area (Å²) < 4.78 is 6.54. The lowest BCUT2D eigenvalue weighted by Gasteiger charge is -2.16. The summed E-state index contributed by atoms with van der Waals surface area (Å²) in [6, 6.07) is 13.5. The van der Waals surface area contributed by atoms with Crippen LogP contribution in [0, 0.1) is 0 Å². The Bertz CT molecular complexity index is 949. The van der Waals surface area contributed by atoms with Gasteiger partial charge in [-0.25, -0.2) is 4.98 Å². The third kappa shape index (κ3) is 2.86. The highest BCUT2D eigenvalue weighted by Gasteiger charge is 2.18. The summed E-state index contributed by atoms with van der Waals surface area (Å²) in [5.74, 6) is 0.237. The Morgan fingerprint density at radius 2 is 1.88 bits per heavy atom. The number of nitrogens with one attached hydrogen (secondary N) is 1. The van der Waals surface area contributed by atoms with Crippen molar-refractivity contribution in [3.8, 4) is 5.75 Å². The summed E-state index contributed by atoms with van der Waals surface area (Å²) in [5.41, 5.74) is 0.915. The smallest absolute Gasteiger partial charge is 0.261 e. The molecule has 1 N–H and O–H groups in total. The maximum Gasteiger partial charge on any atom is 0.261 e. The monoisotopic (exact) mass is 323 g/mol. The molecule has 0 saturated carbocycles. The van der Waals surface area contributed by atoms with Crippen molar-refractivity contribution >= 4 is 22.5 Å². The lowest BCUT2D eigenvalue weighted by molar-refractivity contribution is -0.118. The van der Waals surface area contributed by atoms with Crippen molar-refractivity contribution in [1.29, 1.82) is 0 Å². The summed E-state index contributed by atoms with van der Waals surface area (Å²) in [7, 11) is 1.53. The maximum atomic E-state index is 12.6. The molecule has 1 amide bonds. The van der Waals surface area contributed by atoms with Gasteiger partial charge in [0.2, 0.25) is 5.91 Å². The van der Waals surface area contributed by atoms with Crippen LogP contribution in [0.3, 0.4) is 0 Å². The van der Waals surface area contributed by atoms with Crippen LogP contribution in [0.25, 0.3) is 10.9 Å². The molecule has 0 aliphatic rings. The number of nitrogens with zero attached hydrogens (tertiary/aromatic N) is 2. The molecule has 6 heteroatoms. The van der Waals surface area contributed by atoms with E-state index in [2.05, 4.69) is 10.3 Å². The molecular weight excluding hydrogens is 306 g/mol. The quantitative estimate of drug-likeness (QED) is 0.801. The number of hydrogen-bond acceptors (Lipinski definition) is 4. The first-order valence-corrected chi connectivity index (χ1v) is 7.51. The largest absolute Gasteiger partial charge is 0.495 e. The van der Waals surface area contributed by atoms with Crippen molar-refractivity contribution in [1.82, 2.24) is 9.55 Å². The van der Waals surface area contributed by atoms with Gasteiger partial charge in [0.1, 0.15) is 11.8 Å². The highest BCUT2D eigenvalue weighted by molar-refractivity contribution is 5.95. The Balaban J connectivity index is 1.91. The summed E-state index contributed by atoms with van der Waals surface area (Å²) in [5, 5.41) is 3.27. The summed E-state index contributed by atoms with van der Waals surface area (Å²) in [4.78, 5) is 29.3. The van der Waals surface area contributed by atoms with Gasteiger partial charge in [0, 0.05) is 0 Å². The Kier molecular flexibility index (Phi) is 4.29. The van der Waals surface area contributed by atoms with Crippen molar-refractivity contribution < 1.29 is 9.53 Å². The van der Waals surface area contributed by atoms with Crippen molar-refractivity contribution in [3.05, 3.63) is 65.2 Å². The molecule has 0 saturated heterocycles. The van der Waals surface area contributed by atoms with Gasteiger partial charge < -0.3 is 10.1 Å². The lowest BCUT2D eigenvalue weighted by atomic mass is 10.2. The van der Waals surface area contributed by atoms with Crippen LogP contribution in [0.5, 0.6) is 5.75 Å². The number of hydrogen-bond donors (Lipinski definition) is 1. The number of aromatic nitrogens is 2. The fourth-order valence-electron chi connectivity index (χ4n) is 2.47. The molecule has 24 heavy (non-hydrogen) atoms. The van der Waals surface area contributed by atoms with E-state index >= 15 is 0 Å². The Morgan fingerprint density at radius 1 is 1.17 bits per heavy atom. The van der Waals surface area contributed by atoms with Gasteiger partial charge in [-0.2, -0.15) is 0 Å².